The van der Waals surface area contributed by atoms with Gasteiger partial charge in [-0.15, -0.1) is 0 Å². The maximum atomic E-state index is 11.4. The number of nitrogens with two attached hydrogens (primary N) is 1. The lowest BCUT2D eigenvalue weighted by molar-refractivity contribution is -0.146. The zero-order valence-electron chi connectivity index (χ0n) is 9.92. The Labute approximate surface area is 101 Å². The van der Waals surface area contributed by atoms with Gasteiger partial charge in [-0.3, -0.25) is 4.79 Å². The summed E-state index contributed by atoms with van der Waals surface area (Å²) in [6, 6.07) is -0.868. The number of esters is 1. The van der Waals surface area contributed by atoms with Crippen LogP contribution in [-0.2, 0) is 24.1 Å². The molecule has 2 unspecified atom stereocenters. The molecule has 2 N–H and O–H groups in total. The van der Waals surface area contributed by atoms with Gasteiger partial charge in [0.2, 0.25) is 0 Å². The highest BCUT2D eigenvalue weighted by molar-refractivity contribution is 7.90. The molecule has 0 spiro atoms. The van der Waals surface area contributed by atoms with Gasteiger partial charge in [0.05, 0.1) is 19.0 Å². The minimum atomic E-state index is -3.09. The Morgan fingerprint density at radius 1 is 1.59 bits per heavy atom. The van der Waals surface area contributed by atoms with E-state index in [0.717, 1.165) is 12.7 Å². The van der Waals surface area contributed by atoms with Crippen molar-refractivity contribution in [3.63, 3.8) is 0 Å². The van der Waals surface area contributed by atoms with Crippen molar-refractivity contribution < 1.29 is 22.7 Å². The molecule has 1 heterocycles. The second-order valence-corrected chi connectivity index (χ2v) is 6.64. The summed E-state index contributed by atoms with van der Waals surface area (Å²) < 4.78 is 32.0. The lowest BCUT2D eigenvalue weighted by Gasteiger charge is -2.13. The van der Waals surface area contributed by atoms with E-state index < -0.39 is 21.8 Å². The van der Waals surface area contributed by atoms with E-state index in [2.05, 4.69) is 0 Å². The average Bonchev–Trinajstić information content (AvgIpc) is 2.74. The monoisotopic (exact) mass is 265 g/mol. The van der Waals surface area contributed by atoms with Crippen LogP contribution in [0.2, 0.25) is 0 Å². The van der Waals surface area contributed by atoms with Crippen LogP contribution in [0.4, 0.5) is 0 Å². The van der Waals surface area contributed by atoms with E-state index in [1.807, 2.05) is 0 Å². The van der Waals surface area contributed by atoms with Crippen LogP contribution in [-0.4, -0.2) is 52.3 Å². The Kier molecular flexibility index (Phi) is 5.35. The third-order valence-electron chi connectivity index (χ3n) is 2.59. The highest BCUT2D eigenvalue weighted by Gasteiger charge is 2.21. The number of hydrogen-bond acceptors (Lipinski definition) is 6. The van der Waals surface area contributed by atoms with Gasteiger partial charge in [-0.2, -0.15) is 0 Å². The molecule has 100 valence electrons. The van der Waals surface area contributed by atoms with E-state index >= 15 is 0 Å². The third kappa shape index (κ3) is 5.99. The van der Waals surface area contributed by atoms with Crippen LogP contribution in [0.25, 0.3) is 0 Å². The molecule has 1 rings (SSSR count). The van der Waals surface area contributed by atoms with Crippen molar-refractivity contribution >= 4 is 15.8 Å². The van der Waals surface area contributed by atoms with Crippen LogP contribution in [0.1, 0.15) is 12.8 Å². The Hall–Kier alpha value is -0.660. The van der Waals surface area contributed by atoms with Crippen molar-refractivity contribution in [2.24, 2.45) is 11.7 Å². The van der Waals surface area contributed by atoms with Crippen LogP contribution >= 0.6 is 0 Å². The van der Waals surface area contributed by atoms with Crippen molar-refractivity contribution in [3.8, 4) is 0 Å². The summed E-state index contributed by atoms with van der Waals surface area (Å²) in [5.74, 6) is -0.405. The quantitative estimate of drug-likeness (QED) is 0.640. The van der Waals surface area contributed by atoms with Crippen molar-refractivity contribution in [1.82, 2.24) is 0 Å². The first kappa shape index (κ1) is 14.4. The summed E-state index contributed by atoms with van der Waals surface area (Å²) in [5.41, 5.74) is 5.54. The molecule has 0 saturated carbocycles. The summed E-state index contributed by atoms with van der Waals surface area (Å²) in [6.45, 7) is 1.60. The van der Waals surface area contributed by atoms with Crippen molar-refractivity contribution in [3.05, 3.63) is 0 Å². The Morgan fingerprint density at radius 2 is 2.29 bits per heavy atom. The number of sulfone groups is 1. The molecule has 0 bridgehead atoms. The molecule has 1 saturated heterocycles. The summed E-state index contributed by atoms with van der Waals surface area (Å²) >= 11 is 0. The largest absolute Gasteiger partial charge is 0.464 e. The lowest BCUT2D eigenvalue weighted by atomic mass is 10.1. The highest BCUT2D eigenvalue weighted by atomic mass is 32.2. The molecule has 2 atom stereocenters. The molecule has 0 aromatic heterocycles. The minimum absolute atomic E-state index is 0.0961. The fourth-order valence-electron chi connectivity index (χ4n) is 1.48. The van der Waals surface area contributed by atoms with Gasteiger partial charge in [0.15, 0.2) is 0 Å². The molecule has 6 nitrogen and oxygen atoms in total. The van der Waals surface area contributed by atoms with E-state index in [4.69, 9.17) is 15.2 Å². The fraction of sp³-hybridized carbons (Fsp3) is 0.900. The van der Waals surface area contributed by atoms with Crippen molar-refractivity contribution in [2.45, 2.75) is 18.9 Å². The molecule has 0 aliphatic carbocycles. The number of rotatable bonds is 6. The van der Waals surface area contributed by atoms with Gasteiger partial charge < -0.3 is 15.2 Å². The first-order valence-corrected chi connectivity index (χ1v) is 7.62. The maximum Gasteiger partial charge on any atom is 0.322 e. The van der Waals surface area contributed by atoms with Crippen LogP contribution in [0, 0.1) is 5.92 Å². The maximum absolute atomic E-state index is 11.4. The van der Waals surface area contributed by atoms with E-state index in [1.54, 1.807) is 0 Å². The molecule has 0 amide bonds. The van der Waals surface area contributed by atoms with Crippen LogP contribution < -0.4 is 5.73 Å². The van der Waals surface area contributed by atoms with Gasteiger partial charge in [0, 0.05) is 18.8 Å². The number of carbonyl (C=O) groups is 1. The SMILES string of the molecule is CS(=O)(=O)CCC(N)C(=O)OCC1CCOC1. The van der Waals surface area contributed by atoms with Crippen molar-refractivity contribution in [2.75, 3.05) is 31.8 Å². The van der Waals surface area contributed by atoms with E-state index in [9.17, 15) is 13.2 Å². The molecule has 0 aromatic rings. The third-order valence-corrected chi connectivity index (χ3v) is 3.56. The second-order valence-electron chi connectivity index (χ2n) is 4.38. The Balaban J connectivity index is 2.21. The van der Waals surface area contributed by atoms with Gasteiger partial charge in [0.1, 0.15) is 15.9 Å². The second kappa shape index (κ2) is 6.32. The molecular formula is C10H19NO5S. The van der Waals surface area contributed by atoms with Crippen LogP contribution in [0.3, 0.4) is 0 Å². The topological polar surface area (TPSA) is 95.7 Å². The molecule has 7 heteroatoms. The number of hydrogen-bond donors (Lipinski definition) is 1. The lowest BCUT2D eigenvalue weighted by Crippen LogP contribution is -2.35. The van der Waals surface area contributed by atoms with E-state index in [-0.39, 0.29) is 18.1 Å². The fourth-order valence-corrected chi connectivity index (χ4v) is 2.16. The number of ether oxygens (including phenoxy) is 2. The van der Waals surface area contributed by atoms with E-state index in [1.165, 1.54) is 0 Å². The molecule has 1 aliphatic rings. The minimum Gasteiger partial charge on any atom is -0.464 e. The molecule has 0 radical (unpaired) electrons. The molecule has 1 aliphatic heterocycles. The Bertz CT molecular complexity index is 348. The van der Waals surface area contributed by atoms with Gasteiger partial charge in [0.25, 0.3) is 0 Å². The van der Waals surface area contributed by atoms with Crippen LogP contribution in [0.15, 0.2) is 0 Å². The Morgan fingerprint density at radius 3 is 2.82 bits per heavy atom. The smallest absolute Gasteiger partial charge is 0.322 e. The van der Waals surface area contributed by atoms with E-state index in [0.29, 0.717) is 19.8 Å². The molecule has 1 fully saturated rings. The highest BCUT2D eigenvalue weighted by Crippen LogP contribution is 2.12. The first-order chi connectivity index (χ1) is 7.88. The summed E-state index contributed by atoms with van der Waals surface area (Å²) in [4.78, 5) is 11.4. The predicted molar refractivity (Wildman–Crippen MR) is 62.2 cm³/mol. The first-order valence-electron chi connectivity index (χ1n) is 5.56. The molecule has 17 heavy (non-hydrogen) atoms. The molecule has 0 aromatic carbocycles. The summed E-state index contributed by atoms with van der Waals surface area (Å²) in [7, 11) is -3.09. The summed E-state index contributed by atoms with van der Waals surface area (Å²) in [6.07, 6.45) is 2.09. The van der Waals surface area contributed by atoms with Gasteiger partial charge >= 0.3 is 5.97 Å². The van der Waals surface area contributed by atoms with Gasteiger partial charge in [-0.05, 0) is 12.8 Å². The zero-order chi connectivity index (χ0) is 12.9. The average molecular weight is 265 g/mol. The van der Waals surface area contributed by atoms with Gasteiger partial charge in [-0.1, -0.05) is 0 Å². The van der Waals surface area contributed by atoms with Crippen molar-refractivity contribution in [1.29, 1.82) is 0 Å². The number of carbonyl (C=O) groups excluding carboxylic acids is 1. The normalized spacial score (nSPS) is 22.4. The summed E-state index contributed by atoms with van der Waals surface area (Å²) in [5, 5.41) is 0. The molecular weight excluding hydrogens is 246 g/mol. The standard InChI is InChI=1S/C10H19NO5S/c1-17(13,14)5-3-9(11)10(12)16-7-8-2-4-15-6-8/h8-9H,2-7,11H2,1H3. The predicted octanol–water partition coefficient (Wildman–Crippen LogP) is -0.672. The van der Waals surface area contributed by atoms with Gasteiger partial charge in [-0.25, -0.2) is 8.42 Å². The van der Waals surface area contributed by atoms with Crippen LogP contribution in [0.5, 0.6) is 0 Å². The zero-order valence-corrected chi connectivity index (χ0v) is 10.7.